The molecule has 0 spiro atoms. The molecule has 0 aromatic heterocycles. The Morgan fingerprint density at radius 2 is 1.61 bits per heavy atom. The van der Waals surface area contributed by atoms with Gasteiger partial charge in [0.1, 0.15) is 24.2 Å². The van der Waals surface area contributed by atoms with Crippen molar-refractivity contribution in [2.24, 2.45) is 0 Å². The topological polar surface area (TPSA) is 96.0 Å². The summed E-state index contributed by atoms with van der Waals surface area (Å²) in [5.74, 6) is -0.980. The minimum absolute atomic E-state index is 0.0652. The Kier molecular flexibility index (Phi) is 9.84. The fourth-order valence-corrected chi connectivity index (χ4v) is 5.49. The number of ether oxygens (including phenoxy) is 1. The number of anilines is 1. The maximum Gasteiger partial charge on any atom is 0.264 e. The summed E-state index contributed by atoms with van der Waals surface area (Å²) < 4.78 is 47.2. The number of likely N-dealkylation sites (N-methyl/N-ethyl adjacent to an activating group) is 1. The highest BCUT2D eigenvalue weighted by atomic mass is 32.2. The van der Waals surface area contributed by atoms with Crippen LogP contribution in [0.15, 0.2) is 83.8 Å². The van der Waals surface area contributed by atoms with Crippen molar-refractivity contribution >= 4 is 27.5 Å². The highest BCUT2D eigenvalue weighted by Gasteiger charge is 2.33. The van der Waals surface area contributed by atoms with E-state index in [1.807, 2.05) is 30.3 Å². The number of nitrogens with one attached hydrogen (secondary N) is 1. The summed E-state index contributed by atoms with van der Waals surface area (Å²) in [7, 11) is -1.28. The molecule has 202 valence electrons. The standard InChI is InChI=1S/C28H32FN3O5S/c1-4-26(28(34)30-2)31(19-18-21-8-6-5-7-9-21)27(33)20-32(23-12-10-22(29)11-13-23)38(35,36)25-16-14-24(37-3)15-17-25/h5-17,26H,4,18-20H2,1-3H3,(H,30,34)/t26-/m1/s1. The first-order valence-corrected chi connectivity index (χ1v) is 13.6. The summed E-state index contributed by atoms with van der Waals surface area (Å²) in [5, 5.41) is 2.59. The largest absolute Gasteiger partial charge is 0.497 e. The van der Waals surface area contributed by atoms with Gasteiger partial charge in [-0.05, 0) is 66.9 Å². The van der Waals surface area contributed by atoms with Crippen LogP contribution < -0.4 is 14.4 Å². The average Bonchev–Trinajstić information content (AvgIpc) is 2.94. The third-order valence-electron chi connectivity index (χ3n) is 6.16. The molecule has 0 heterocycles. The number of nitrogens with zero attached hydrogens (tertiary/aromatic N) is 2. The highest BCUT2D eigenvalue weighted by molar-refractivity contribution is 7.92. The van der Waals surface area contributed by atoms with Crippen molar-refractivity contribution in [1.29, 1.82) is 0 Å². The van der Waals surface area contributed by atoms with Gasteiger partial charge >= 0.3 is 0 Å². The van der Waals surface area contributed by atoms with Crippen molar-refractivity contribution in [1.82, 2.24) is 10.2 Å². The molecule has 0 aliphatic rings. The molecule has 3 aromatic carbocycles. The lowest BCUT2D eigenvalue weighted by Gasteiger charge is -2.33. The molecule has 1 N–H and O–H groups in total. The van der Waals surface area contributed by atoms with Crippen molar-refractivity contribution in [3.8, 4) is 5.75 Å². The van der Waals surface area contributed by atoms with Gasteiger partial charge in [-0.2, -0.15) is 0 Å². The van der Waals surface area contributed by atoms with E-state index in [0.29, 0.717) is 18.6 Å². The van der Waals surface area contributed by atoms with Gasteiger partial charge in [0.2, 0.25) is 11.8 Å². The number of halogens is 1. The summed E-state index contributed by atoms with van der Waals surface area (Å²) >= 11 is 0. The Bertz CT molecular complexity index is 1320. The normalized spacial score (nSPS) is 11.9. The molecule has 0 radical (unpaired) electrons. The van der Waals surface area contributed by atoms with E-state index in [0.717, 1.165) is 22.0 Å². The second kappa shape index (κ2) is 13.0. The second-order valence-electron chi connectivity index (χ2n) is 8.52. The van der Waals surface area contributed by atoms with Crippen molar-refractivity contribution in [3.63, 3.8) is 0 Å². The molecule has 0 saturated heterocycles. The van der Waals surface area contributed by atoms with E-state index in [4.69, 9.17) is 4.74 Å². The number of sulfonamides is 1. The molecule has 3 aromatic rings. The molecule has 38 heavy (non-hydrogen) atoms. The van der Waals surface area contributed by atoms with Crippen LogP contribution in [-0.2, 0) is 26.0 Å². The number of amides is 2. The van der Waals surface area contributed by atoms with E-state index >= 15 is 0 Å². The van der Waals surface area contributed by atoms with E-state index in [-0.39, 0.29) is 23.0 Å². The minimum atomic E-state index is -4.24. The molecule has 0 fully saturated rings. The van der Waals surface area contributed by atoms with Crippen LogP contribution >= 0.6 is 0 Å². The summed E-state index contributed by atoms with van der Waals surface area (Å²) in [6.45, 7) is 1.41. The van der Waals surface area contributed by atoms with Crippen LogP contribution in [0, 0.1) is 5.82 Å². The van der Waals surface area contributed by atoms with Gasteiger partial charge in [0.15, 0.2) is 0 Å². The van der Waals surface area contributed by atoms with Gasteiger partial charge in [0.25, 0.3) is 10.0 Å². The molecule has 0 aliphatic heterocycles. The van der Waals surface area contributed by atoms with Crippen molar-refractivity contribution in [2.45, 2.75) is 30.7 Å². The van der Waals surface area contributed by atoms with E-state index in [2.05, 4.69) is 5.32 Å². The van der Waals surface area contributed by atoms with Crippen LogP contribution in [-0.4, -0.2) is 58.4 Å². The number of carbonyl (C=O) groups is 2. The van der Waals surface area contributed by atoms with E-state index < -0.39 is 34.3 Å². The van der Waals surface area contributed by atoms with Gasteiger partial charge in [-0.15, -0.1) is 0 Å². The minimum Gasteiger partial charge on any atom is -0.497 e. The number of hydrogen-bond donors (Lipinski definition) is 1. The van der Waals surface area contributed by atoms with Crippen molar-refractivity contribution in [3.05, 3.63) is 90.2 Å². The summed E-state index contributed by atoms with van der Waals surface area (Å²) in [5.41, 5.74) is 1.09. The van der Waals surface area contributed by atoms with E-state index in [1.54, 1.807) is 6.92 Å². The summed E-state index contributed by atoms with van der Waals surface area (Å²) in [4.78, 5) is 27.8. The summed E-state index contributed by atoms with van der Waals surface area (Å²) in [6.07, 6.45) is 0.809. The number of methoxy groups -OCH3 is 1. The fraction of sp³-hybridized carbons (Fsp3) is 0.286. The molecule has 2 amide bonds. The van der Waals surface area contributed by atoms with Crippen LogP contribution in [0.3, 0.4) is 0 Å². The first-order chi connectivity index (χ1) is 18.2. The Morgan fingerprint density at radius 3 is 2.16 bits per heavy atom. The molecule has 0 unspecified atom stereocenters. The van der Waals surface area contributed by atoms with Gasteiger partial charge in [-0.1, -0.05) is 37.3 Å². The van der Waals surface area contributed by atoms with Crippen LogP contribution in [0.4, 0.5) is 10.1 Å². The second-order valence-corrected chi connectivity index (χ2v) is 10.4. The zero-order valence-corrected chi connectivity index (χ0v) is 22.4. The third kappa shape index (κ3) is 6.89. The van der Waals surface area contributed by atoms with Crippen molar-refractivity contribution in [2.75, 3.05) is 31.6 Å². The predicted molar refractivity (Wildman–Crippen MR) is 144 cm³/mol. The van der Waals surface area contributed by atoms with Crippen molar-refractivity contribution < 1.29 is 27.1 Å². The lowest BCUT2D eigenvalue weighted by molar-refractivity contribution is -0.139. The number of hydrogen-bond acceptors (Lipinski definition) is 5. The fourth-order valence-electron chi connectivity index (χ4n) is 4.07. The van der Waals surface area contributed by atoms with Crippen LogP contribution in [0.1, 0.15) is 18.9 Å². The lowest BCUT2D eigenvalue weighted by atomic mass is 10.1. The SMILES string of the molecule is CC[C@H](C(=O)NC)N(CCc1ccccc1)C(=O)CN(c1ccc(F)cc1)S(=O)(=O)c1ccc(OC)cc1. The van der Waals surface area contributed by atoms with Gasteiger partial charge in [-0.25, -0.2) is 12.8 Å². The maximum atomic E-state index is 13.8. The molecular weight excluding hydrogens is 509 g/mol. The highest BCUT2D eigenvalue weighted by Crippen LogP contribution is 2.26. The zero-order valence-electron chi connectivity index (χ0n) is 21.6. The summed E-state index contributed by atoms with van der Waals surface area (Å²) in [6, 6.07) is 19.3. The van der Waals surface area contributed by atoms with Gasteiger partial charge in [-0.3, -0.25) is 13.9 Å². The molecule has 0 aliphatic carbocycles. The van der Waals surface area contributed by atoms with Gasteiger partial charge in [0.05, 0.1) is 17.7 Å². The monoisotopic (exact) mass is 541 g/mol. The molecule has 1 atom stereocenters. The van der Waals surface area contributed by atoms with Crippen LogP contribution in [0.2, 0.25) is 0 Å². The number of carbonyl (C=O) groups excluding carboxylic acids is 2. The molecular formula is C28H32FN3O5S. The zero-order chi connectivity index (χ0) is 27.7. The lowest BCUT2D eigenvalue weighted by Crippen LogP contribution is -2.52. The molecule has 0 saturated carbocycles. The first kappa shape index (κ1) is 28.6. The Hall–Kier alpha value is -3.92. The quantitative estimate of drug-likeness (QED) is 0.378. The Labute approximate surface area is 223 Å². The van der Waals surface area contributed by atoms with E-state index in [9.17, 15) is 22.4 Å². The van der Waals surface area contributed by atoms with Crippen LogP contribution in [0.5, 0.6) is 5.75 Å². The number of rotatable bonds is 12. The molecule has 10 heteroatoms. The smallest absolute Gasteiger partial charge is 0.264 e. The maximum absolute atomic E-state index is 13.8. The number of benzene rings is 3. The van der Waals surface area contributed by atoms with Gasteiger partial charge in [0, 0.05) is 13.6 Å². The molecule has 0 bridgehead atoms. The Balaban J connectivity index is 1.99. The molecule has 8 nitrogen and oxygen atoms in total. The first-order valence-electron chi connectivity index (χ1n) is 12.2. The van der Waals surface area contributed by atoms with E-state index in [1.165, 1.54) is 55.5 Å². The van der Waals surface area contributed by atoms with Crippen LogP contribution in [0.25, 0.3) is 0 Å². The predicted octanol–water partition coefficient (Wildman–Crippen LogP) is 3.63. The third-order valence-corrected chi connectivity index (χ3v) is 7.95. The molecule has 3 rings (SSSR count). The van der Waals surface area contributed by atoms with Gasteiger partial charge < -0.3 is 15.0 Å². The average molecular weight is 542 g/mol. The Morgan fingerprint density at radius 1 is 0.974 bits per heavy atom.